The molecular weight excluding hydrogens is 242 g/mol. The molecular formula is C12H14ClNOS. The summed E-state index contributed by atoms with van der Waals surface area (Å²) in [6, 6.07) is 1.99. The average Bonchev–Trinajstić information content (AvgIpc) is 2.22. The molecule has 0 bridgehead atoms. The highest BCUT2D eigenvalue weighted by molar-refractivity contribution is 8.13. The molecule has 0 amide bonds. The van der Waals surface area contributed by atoms with Crippen LogP contribution in [0.15, 0.2) is 18.3 Å². The maximum Gasteiger partial charge on any atom is 0.185 e. The van der Waals surface area contributed by atoms with Crippen molar-refractivity contribution >= 4 is 34.6 Å². The second-order valence-corrected chi connectivity index (χ2v) is 5.04. The first-order valence-corrected chi connectivity index (χ1v) is 6.38. The number of hydrogen-bond donors (Lipinski definition) is 0. The van der Waals surface area contributed by atoms with Gasteiger partial charge in [0.25, 0.3) is 0 Å². The van der Waals surface area contributed by atoms with Crippen LogP contribution in [-0.4, -0.2) is 15.9 Å². The summed E-state index contributed by atoms with van der Waals surface area (Å²) in [6.45, 7) is 3.51. The molecule has 0 aliphatic carbocycles. The maximum absolute atomic E-state index is 10.7. The minimum absolute atomic E-state index is 0.164. The Morgan fingerprint density at radius 1 is 1.62 bits per heavy atom. The Morgan fingerprint density at radius 2 is 2.38 bits per heavy atom. The van der Waals surface area contributed by atoms with E-state index in [1.165, 1.54) is 11.8 Å². The lowest BCUT2D eigenvalue weighted by Gasteiger charge is -1.98. The Kier molecular flexibility index (Phi) is 5.56. The number of nitrogens with zero attached hydrogens (tertiary/aromatic N) is 1. The molecule has 16 heavy (non-hydrogen) atoms. The van der Waals surface area contributed by atoms with Crippen molar-refractivity contribution in [3.63, 3.8) is 0 Å². The van der Waals surface area contributed by atoms with Gasteiger partial charge in [0.15, 0.2) is 5.12 Å². The van der Waals surface area contributed by atoms with E-state index < -0.39 is 0 Å². The van der Waals surface area contributed by atoms with Crippen molar-refractivity contribution in [3.8, 4) is 0 Å². The number of pyridine rings is 1. The van der Waals surface area contributed by atoms with E-state index in [9.17, 15) is 4.79 Å². The largest absolute Gasteiger partial charge is 0.288 e. The lowest BCUT2D eigenvalue weighted by molar-refractivity contribution is -0.109. The standard InChI is InChI=1S/C12H14ClNOS/c1-9-7-11(8-14-12(9)13)5-3-4-6-16-10(2)15/h3,5,7-8H,4,6H2,1-2H3. The van der Waals surface area contributed by atoms with E-state index in [2.05, 4.69) is 4.98 Å². The van der Waals surface area contributed by atoms with Gasteiger partial charge in [-0.25, -0.2) is 4.98 Å². The lowest BCUT2D eigenvalue weighted by Crippen LogP contribution is -1.85. The first-order chi connectivity index (χ1) is 7.59. The normalized spacial score (nSPS) is 10.9. The minimum Gasteiger partial charge on any atom is -0.288 e. The second kappa shape index (κ2) is 6.71. The van der Waals surface area contributed by atoms with Gasteiger partial charge in [0.1, 0.15) is 5.15 Å². The summed E-state index contributed by atoms with van der Waals surface area (Å²) in [5, 5.41) is 0.710. The monoisotopic (exact) mass is 255 g/mol. The van der Waals surface area contributed by atoms with E-state index in [1.807, 2.05) is 25.1 Å². The third kappa shape index (κ3) is 4.81. The molecule has 0 atom stereocenters. The summed E-state index contributed by atoms with van der Waals surface area (Å²) in [5.41, 5.74) is 2.01. The van der Waals surface area contributed by atoms with E-state index in [-0.39, 0.29) is 5.12 Å². The molecule has 0 unspecified atom stereocenters. The molecule has 0 spiro atoms. The number of aryl methyl sites for hydroxylation is 1. The van der Waals surface area contributed by atoms with Gasteiger partial charge >= 0.3 is 0 Å². The molecule has 4 heteroatoms. The molecule has 1 aromatic rings. The average molecular weight is 256 g/mol. The Labute approximate surface area is 105 Å². The Bertz CT molecular complexity index is 404. The van der Waals surface area contributed by atoms with Crippen LogP contribution >= 0.6 is 23.4 Å². The highest BCUT2D eigenvalue weighted by Gasteiger charge is 1.96. The van der Waals surface area contributed by atoms with E-state index in [1.54, 1.807) is 13.1 Å². The third-order valence-corrected chi connectivity index (χ3v) is 3.18. The van der Waals surface area contributed by atoms with Crippen LogP contribution in [0, 0.1) is 6.92 Å². The van der Waals surface area contributed by atoms with Crippen LogP contribution in [-0.2, 0) is 4.79 Å². The summed E-state index contributed by atoms with van der Waals surface area (Å²) in [7, 11) is 0. The highest BCUT2D eigenvalue weighted by Crippen LogP contribution is 2.14. The molecule has 1 rings (SSSR count). The van der Waals surface area contributed by atoms with Crippen LogP contribution in [0.5, 0.6) is 0 Å². The smallest absolute Gasteiger partial charge is 0.185 e. The van der Waals surface area contributed by atoms with E-state index >= 15 is 0 Å². The highest BCUT2D eigenvalue weighted by atomic mass is 35.5. The predicted molar refractivity (Wildman–Crippen MR) is 70.8 cm³/mol. The van der Waals surface area contributed by atoms with E-state index in [0.717, 1.165) is 23.3 Å². The number of aromatic nitrogens is 1. The van der Waals surface area contributed by atoms with Gasteiger partial charge in [-0.2, -0.15) is 0 Å². The Morgan fingerprint density at radius 3 is 3.00 bits per heavy atom. The molecule has 0 aliphatic rings. The Hall–Kier alpha value is -0.800. The zero-order valence-electron chi connectivity index (χ0n) is 9.37. The fourth-order valence-electron chi connectivity index (χ4n) is 1.16. The van der Waals surface area contributed by atoms with Crippen LogP contribution in [0.1, 0.15) is 24.5 Å². The molecule has 0 aromatic carbocycles. The summed E-state index contributed by atoms with van der Waals surface area (Å²) in [5.74, 6) is 0.825. The third-order valence-electron chi connectivity index (χ3n) is 1.94. The van der Waals surface area contributed by atoms with Gasteiger partial charge in [0.2, 0.25) is 0 Å². The quantitative estimate of drug-likeness (QED) is 0.607. The number of carbonyl (C=O) groups excluding carboxylic acids is 1. The van der Waals surface area contributed by atoms with Crippen LogP contribution in [0.2, 0.25) is 5.15 Å². The zero-order valence-corrected chi connectivity index (χ0v) is 10.9. The van der Waals surface area contributed by atoms with Crippen molar-refractivity contribution in [2.24, 2.45) is 0 Å². The molecule has 0 radical (unpaired) electrons. The van der Waals surface area contributed by atoms with Crippen molar-refractivity contribution in [1.82, 2.24) is 4.98 Å². The predicted octanol–water partition coefficient (Wildman–Crippen LogP) is 3.73. The number of carbonyl (C=O) groups is 1. The molecule has 0 aliphatic heterocycles. The van der Waals surface area contributed by atoms with Gasteiger partial charge < -0.3 is 0 Å². The SMILES string of the molecule is CC(=O)SCCC=Cc1cnc(Cl)c(C)c1. The van der Waals surface area contributed by atoms with Crippen molar-refractivity contribution in [2.75, 3.05) is 5.75 Å². The molecule has 1 heterocycles. The zero-order chi connectivity index (χ0) is 12.0. The number of allylic oxidation sites excluding steroid dienone is 1. The minimum atomic E-state index is 0.164. The molecule has 0 fully saturated rings. The number of hydrogen-bond acceptors (Lipinski definition) is 3. The first-order valence-electron chi connectivity index (χ1n) is 5.01. The van der Waals surface area contributed by atoms with Crippen LogP contribution in [0.4, 0.5) is 0 Å². The topological polar surface area (TPSA) is 30.0 Å². The van der Waals surface area contributed by atoms with Gasteiger partial charge in [-0.05, 0) is 30.5 Å². The van der Waals surface area contributed by atoms with Crippen molar-refractivity contribution in [1.29, 1.82) is 0 Å². The second-order valence-electron chi connectivity index (χ2n) is 3.41. The van der Waals surface area contributed by atoms with Crippen molar-refractivity contribution in [3.05, 3.63) is 34.6 Å². The van der Waals surface area contributed by atoms with Crippen LogP contribution in [0.25, 0.3) is 6.08 Å². The van der Waals surface area contributed by atoms with Crippen LogP contribution in [0.3, 0.4) is 0 Å². The number of halogens is 1. The lowest BCUT2D eigenvalue weighted by atomic mass is 10.2. The summed E-state index contributed by atoms with van der Waals surface area (Å²) in [4.78, 5) is 14.7. The van der Waals surface area contributed by atoms with Crippen molar-refractivity contribution < 1.29 is 4.79 Å². The first kappa shape index (κ1) is 13.3. The maximum atomic E-state index is 10.7. The summed E-state index contributed by atoms with van der Waals surface area (Å²) in [6.07, 6.45) is 6.66. The van der Waals surface area contributed by atoms with Crippen molar-refractivity contribution in [2.45, 2.75) is 20.3 Å². The van der Waals surface area contributed by atoms with E-state index in [4.69, 9.17) is 11.6 Å². The molecule has 0 N–H and O–H groups in total. The molecule has 1 aromatic heterocycles. The molecule has 2 nitrogen and oxygen atoms in total. The summed E-state index contributed by atoms with van der Waals surface area (Å²) < 4.78 is 0. The van der Waals surface area contributed by atoms with Gasteiger partial charge in [0.05, 0.1) is 0 Å². The van der Waals surface area contributed by atoms with E-state index in [0.29, 0.717) is 5.15 Å². The summed E-state index contributed by atoms with van der Waals surface area (Å²) >= 11 is 7.17. The van der Waals surface area contributed by atoms with Gasteiger partial charge in [-0.15, -0.1) is 0 Å². The van der Waals surface area contributed by atoms with Gasteiger partial charge in [0, 0.05) is 18.9 Å². The molecule has 0 saturated heterocycles. The number of rotatable bonds is 4. The Balaban J connectivity index is 2.44. The van der Waals surface area contributed by atoms with Crippen LogP contribution < -0.4 is 0 Å². The fourth-order valence-corrected chi connectivity index (χ4v) is 1.81. The molecule has 0 saturated carbocycles. The van der Waals surface area contributed by atoms with Gasteiger partial charge in [-0.3, -0.25) is 4.79 Å². The molecule has 86 valence electrons. The fraction of sp³-hybridized carbons (Fsp3) is 0.333. The van der Waals surface area contributed by atoms with Gasteiger partial charge in [-0.1, -0.05) is 35.5 Å². The number of thioether (sulfide) groups is 1.